The number of benzene rings is 1. The van der Waals surface area contributed by atoms with Gasteiger partial charge in [-0.05, 0) is 56.2 Å². The van der Waals surface area contributed by atoms with Crippen LogP contribution in [0.15, 0.2) is 51.8 Å². The molecule has 0 radical (unpaired) electrons. The number of nitrogens with zero attached hydrogens (tertiary/aromatic N) is 2. The zero-order chi connectivity index (χ0) is 20.8. The van der Waals surface area contributed by atoms with Gasteiger partial charge in [-0.2, -0.15) is 0 Å². The van der Waals surface area contributed by atoms with E-state index in [1.54, 1.807) is 11.3 Å². The van der Waals surface area contributed by atoms with Crippen LogP contribution in [0, 0.1) is 0 Å². The lowest BCUT2D eigenvalue weighted by Gasteiger charge is -2.20. The summed E-state index contributed by atoms with van der Waals surface area (Å²) >= 11 is 3.16. The summed E-state index contributed by atoms with van der Waals surface area (Å²) in [6, 6.07) is 11.7. The molecule has 1 fully saturated rings. The maximum absolute atomic E-state index is 12.7. The fourth-order valence-electron chi connectivity index (χ4n) is 3.89. The first kappa shape index (κ1) is 21.1. The number of para-hydroxylation sites is 2. The molecule has 0 saturated heterocycles. The maximum atomic E-state index is 12.7. The summed E-state index contributed by atoms with van der Waals surface area (Å²) in [7, 11) is 0. The van der Waals surface area contributed by atoms with Crippen molar-refractivity contribution in [2.24, 2.45) is 9.98 Å². The number of aliphatic imine (C=N–C) groups is 2. The number of hydrogen-bond acceptors (Lipinski definition) is 6. The van der Waals surface area contributed by atoms with Gasteiger partial charge in [0, 0.05) is 0 Å². The van der Waals surface area contributed by atoms with Gasteiger partial charge in [0.25, 0.3) is 0 Å². The minimum Gasteiger partial charge on any atom is -0.492 e. The quantitative estimate of drug-likeness (QED) is 0.619. The Hall–Kier alpha value is -2.12. The van der Waals surface area contributed by atoms with Crippen LogP contribution in [0.25, 0.3) is 0 Å². The Morgan fingerprint density at radius 1 is 1.13 bits per heavy atom. The SMILES string of the molecule is CCOc1ccccc1NC(=O)CSC1=NC2(CCCCCC2)N=C1c1cccs1. The number of nitrogens with one attached hydrogen (secondary N) is 1. The van der Waals surface area contributed by atoms with Gasteiger partial charge in [0.05, 0.1) is 22.9 Å². The summed E-state index contributed by atoms with van der Waals surface area (Å²) in [6.07, 6.45) is 6.84. The van der Waals surface area contributed by atoms with Crippen LogP contribution < -0.4 is 10.1 Å². The highest BCUT2D eigenvalue weighted by molar-refractivity contribution is 8.16. The number of rotatable bonds is 6. The highest BCUT2D eigenvalue weighted by atomic mass is 32.2. The fraction of sp³-hybridized carbons (Fsp3) is 0.435. The second-order valence-electron chi connectivity index (χ2n) is 7.52. The van der Waals surface area contributed by atoms with Gasteiger partial charge in [0.1, 0.15) is 16.5 Å². The molecular formula is C23H27N3O2S2. The molecule has 1 N–H and O–H groups in total. The third-order valence-corrected chi connectivity index (χ3v) is 7.13. The van der Waals surface area contributed by atoms with Crippen LogP contribution in [0.3, 0.4) is 0 Å². The standard InChI is InChI=1S/C23H27N3O2S2/c1-2-28-18-11-6-5-10-17(18)24-20(27)16-30-22-21(19-12-9-15-29-19)25-23(26-22)13-7-3-4-8-14-23/h5-6,9-12,15H,2-4,7-8,13-14,16H2,1H3,(H,24,27). The Labute approximate surface area is 186 Å². The molecule has 0 atom stereocenters. The molecule has 5 nitrogen and oxygen atoms in total. The zero-order valence-corrected chi connectivity index (χ0v) is 18.9. The molecule has 1 aliphatic heterocycles. The van der Waals surface area contributed by atoms with Gasteiger partial charge in [-0.1, -0.05) is 42.8 Å². The van der Waals surface area contributed by atoms with Crippen molar-refractivity contribution in [3.05, 3.63) is 46.7 Å². The Bertz CT molecular complexity index is 930. The number of thioether (sulfide) groups is 1. The highest BCUT2D eigenvalue weighted by Crippen LogP contribution is 2.38. The lowest BCUT2D eigenvalue weighted by atomic mass is 10.0. The largest absolute Gasteiger partial charge is 0.492 e. The number of carbonyl (C=O) groups excluding carboxylic acids is 1. The van der Waals surface area contributed by atoms with E-state index in [0.29, 0.717) is 23.8 Å². The first-order valence-electron chi connectivity index (χ1n) is 10.6. The first-order chi connectivity index (χ1) is 14.7. The third-order valence-electron chi connectivity index (χ3n) is 5.29. The van der Waals surface area contributed by atoms with Crippen molar-refractivity contribution in [1.29, 1.82) is 0 Å². The van der Waals surface area contributed by atoms with Gasteiger partial charge in [-0.15, -0.1) is 11.3 Å². The van der Waals surface area contributed by atoms with Gasteiger partial charge in [-0.3, -0.25) is 9.79 Å². The molecule has 1 spiro atoms. The van der Waals surface area contributed by atoms with Crippen molar-refractivity contribution in [3.8, 4) is 5.75 Å². The minimum absolute atomic E-state index is 0.0674. The molecule has 2 heterocycles. The van der Waals surface area contributed by atoms with Crippen molar-refractivity contribution in [3.63, 3.8) is 0 Å². The number of ether oxygens (including phenoxy) is 1. The average molecular weight is 442 g/mol. The zero-order valence-electron chi connectivity index (χ0n) is 17.2. The molecule has 1 aliphatic carbocycles. The lowest BCUT2D eigenvalue weighted by Crippen LogP contribution is -2.20. The summed E-state index contributed by atoms with van der Waals surface area (Å²) in [5.41, 5.74) is 1.33. The summed E-state index contributed by atoms with van der Waals surface area (Å²) in [5.74, 6) is 0.914. The van der Waals surface area contributed by atoms with E-state index in [9.17, 15) is 4.79 Å². The van der Waals surface area contributed by atoms with Gasteiger partial charge < -0.3 is 10.1 Å². The molecule has 1 aromatic heterocycles. The van der Waals surface area contributed by atoms with Crippen LogP contribution in [0.2, 0.25) is 0 Å². The number of hydrogen-bond donors (Lipinski definition) is 1. The smallest absolute Gasteiger partial charge is 0.234 e. The molecule has 158 valence electrons. The van der Waals surface area contributed by atoms with Crippen LogP contribution >= 0.6 is 23.1 Å². The number of thiophene rings is 1. The van der Waals surface area contributed by atoms with Gasteiger partial charge in [0.2, 0.25) is 5.91 Å². The molecule has 7 heteroatoms. The Morgan fingerprint density at radius 3 is 2.67 bits per heavy atom. The summed E-state index contributed by atoms with van der Waals surface area (Å²) in [4.78, 5) is 24.0. The Kier molecular flexibility index (Phi) is 6.89. The first-order valence-corrected chi connectivity index (χ1v) is 12.4. The van der Waals surface area contributed by atoms with Crippen molar-refractivity contribution >= 4 is 45.4 Å². The lowest BCUT2D eigenvalue weighted by molar-refractivity contribution is -0.113. The van der Waals surface area contributed by atoms with Gasteiger partial charge in [-0.25, -0.2) is 4.99 Å². The summed E-state index contributed by atoms with van der Waals surface area (Å²) in [5, 5.41) is 5.93. The van der Waals surface area contributed by atoms with E-state index in [0.717, 1.165) is 41.3 Å². The Morgan fingerprint density at radius 2 is 1.93 bits per heavy atom. The van der Waals surface area contributed by atoms with E-state index in [1.165, 1.54) is 24.6 Å². The van der Waals surface area contributed by atoms with Gasteiger partial charge >= 0.3 is 0 Å². The van der Waals surface area contributed by atoms with Crippen molar-refractivity contribution in [2.45, 2.75) is 51.1 Å². The van der Waals surface area contributed by atoms with E-state index >= 15 is 0 Å². The normalized spacial score (nSPS) is 17.9. The molecule has 30 heavy (non-hydrogen) atoms. The third kappa shape index (κ3) is 4.95. The van der Waals surface area contributed by atoms with E-state index in [-0.39, 0.29) is 11.6 Å². The molecular weight excluding hydrogens is 414 g/mol. The monoisotopic (exact) mass is 441 g/mol. The fourth-order valence-corrected chi connectivity index (χ4v) is 5.53. The molecule has 2 aliphatic rings. The second-order valence-corrected chi connectivity index (χ2v) is 9.43. The molecule has 0 bridgehead atoms. The minimum atomic E-state index is -0.323. The van der Waals surface area contributed by atoms with Crippen LogP contribution in [-0.4, -0.2) is 34.7 Å². The molecule has 0 unspecified atom stereocenters. The van der Waals surface area contributed by atoms with Crippen molar-refractivity contribution < 1.29 is 9.53 Å². The van der Waals surface area contributed by atoms with Crippen LogP contribution in [-0.2, 0) is 4.79 Å². The number of carbonyl (C=O) groups is 1. The molecule has 2 aromatic rings. The van der Waals surface area contributed by atoms with Crippen molar-refractivity contribution in [1.82, 2.24) is 0 Å². The highest BCUT2D eigenvalue weighted by Gasteiger charge is 2.37. The summed E-state index contributed by atoms with van der Waals surface area (Å²) < 4.78 is 5.61. The molecule has 1 amide bonds. The van der Waals surface area contributed by atoms with Crippen LogP contribution in [0.4, 0.5) is 5.69 Å². The van der Waals surface area contributed by atoms with E-state index in [2.05, 4.69) is 16.8 Å². The van der Waals surface area contributed by atoms with Gasteiger partial charge in [0.15, 0.2) is 5.66 Å². The van der Waals surface area contributed by atoms with E-state index in [1.807, 2.05) is 37.3 Å². The van der Waals surface area contributed by atoms with E-state index in [4.69, 9.17) is 14.7 Å². The van der Waals surface area contributed by atoms with Crippen molar-refractivity contribution in [2.75, 3.05) is 17.7 Å². The predicted octanol–water partition coefficient (Wildman–Crippen LogP) is 5.77. The average Bonchev–Trinajstić information content (AvgIpc) is 3.33. The number of amides is 1. The Balaban J connectivity index is 1.47. The van der Waals surface area contributed by atoms with E-state index < -0.39 is 0 Å². The molecule has 1 aromatic carbocycles. The topological polar surface area (TPSA) is 63.0 Å². The van der Waals surface area contributed by atoms with Crippen LogP contribution in [0.1, 0.15) is 50.3 Å². The predicted molar refractivity (Wildman–Crippen MR) is 127 cm³/mol. The maximum Gasteiger partial charge on any atom is 0.234 e. The molecule has 4 rings (SSSR count). The number of anilines is 1. The molecule has 1 saturated carbocycles. The summed E-state index contributed by atoms with van der Waals surface area (Å²) in [6.45, 7) is 2.49. The second kappa shape index (κ2) is 9.79. The van der Waals surface area contributed by atoms with Crippen LogP contribution in [0.5, 0.6) is 5.75 Å².